The molecule has 2 aromatic carbocycles. The van der Waals surface area contributed by atoms with Gasteiger partial charge in [0.2, 0.25) is 0 Å². The number of rotatable bonds is 4. The van der Waals surface area contributed by atoms with Crippen molar-refractivity contribution in [2.24, 2.45) is 7.05 Å². The van der Waals surface area contributed by atoms with Crippen LogP contribution < -0.4 is 4.90 Å². The molecule has 0 fully saturated rings. The summed E-state index contributed by atoms with van der Waals surface area (Å²) in [6.07, 6.45) is 2.15. The Kier molecular flexibility index (Phi) is 4.07. The molecule has 1 N–H and O–H groups in total. The minimum Gasteiger partial charge on any atom is -0.503 e. The van der Waals surface area contributed by atoms with E-state index in [4.69, 9.17) is 0 Å². The number of aromatic nitrogens is 1. The summed E-state index contributed by atoms with van der Waals surface area (Å²) < 4.78 is 1.97. The van der Waals surface area contributed by atoms with E-state index in [1.807, 2.05) is 72.4 Å². The Bertz CT molecular complexity index is 1080. The largest absolute Gasteiger partial charge is 0.503 e. The highest BCUT2D eigenvalue weighted by Crippen LogP contribution is 2.43. The van der Waals surface area contributed by atoms with Gasteiger partial charge in [0.25, 0.3) is 5.91 Å². The van der Waals surface area contributed by atoms with Crippen LogP contribution in [0.4, 0.5) is 5.69 Å². The molecule has 0 spiro atoms. The van der Waals surface area contributed by atoms with Crippen molar-refractivity contribution in [2.45, 2.75) is 19.4 Å². The molecule has 27 heavy (non-hydrogen) atoms. The first-order chi connectivity index (χ1) is 13.0. The van der Waals surface area contributed by atoms with Crippen LogP contribution in [0.3, 0.4) is 0 Å². The molecule has 1 amide bonds. The number of nitrogens with zero attached hydrogens (tertiary/aromatic N) is 2. The van der Waals surface area contributed by atoms with Gasteiger partial charge in [-0.1, -0.05) is 43.3 Å². The average molecular weight is 360 g/mol. The highest BCUT2D eigenvalue weighted by molar-refractivity contribution is 6.17. The molecule has 0 radical (unpaired) electrons. The number of aliphatic hydroxyl groups is 1. The van der Waals surface area contributed by atoms with E-state index in [1.165, 1.54) is 4.90 Å². The molecule has 0 saturated heterocycles. The Morgan fingerprint density at radius 3 is 2.44 bits per heavy atom. The molecule has 2 heterocycles. The predicted octanol–water partition coefficient (Wildman–Crippen LogP) is 4.06. The second-order valence-electron chi connectivity index (χ2n) is 6.66. The molecule has 1 unspecified atom stereocenters. The van der Waals surface area contributed by atoms with Crippen molar-refractivity contribution >= 4 is 28.3 Å². The molecular formula is C22H20N2O3. The summed E-state index contributed by atoms with van der Waals surface area (Å²) in [6.45, 7) is 1.73. The first kappa shape index (κ1) is 17.1. The van der Waals surface area contributed by atoms with Gasteiger partial charge >= 0.3 is 0 Å². The highest BCUT2D eigenvalue weighted by atomic mass is 16.3. The Hall–Kier alpha value is -3.34. The van der Waals surface area contributed by atoms with Crippen LogP contribution in [0, 0.1) is 0 Å². The fourth-order valence-electron chi connectivity index (χ4n) is 3.82. The van der Waals surface area contributed by atoms with Gasteiger partial charge in [0.05, 0.1) is 11.6 Å². The normalized spacial score (nSPS) is 17.2. The molecule has 136 valence electrons. The van der Waals surface area contributed by atoms with Crippen LogP contribution in [0.2, 0.25) is 0 Å². The van der Waals surface area contributed by atoms with Crippen molar-refractivity contribution in [1.29, 1.82) is 0 Å². The number of hydrogen-bond donors (Lipinski definition) is 1. The fourth-order valence-corrected chi connectivity index (χ4v) is 3.82. The monoisotopic (exact) mass is 360 g/mol. The number of carbonyl (C=O) groups is 2. The fraction of sp³-hybridized carbons (Fsp3) is 0.182. The number of hydrogen-bond acceptors (Lipinski definition) is 3. The number of para-hydroxylation sites is 2. The summed E-state index contributed by atoms with van der Waals surface area (Å²) in [6, 6.07) is 16.3. The van der Waals surface area contributed by atoms with Gasteiger partial charge < -0.3 is 9.67 Å². The zero-order valence-electron chi connectivity index (χ0n) is 15.2. The maximum atomic E-state index is 12.9. The van der Waals surface area contributed by atoms with Crippen molar-refractivity contribution in [3.63, 3.8) is 0 Å². The van der Waals surface area contributed by atoms with Crippen LogP contribution in [0.15, 0.2) is 72.1 Å². The summed E-state index contributed by atoms with van der Waals surface area (Å²) in [5.74, 6) is -1.23. The molecule has 0 saturated carbocycles. The third kappa shape index (κ3) is 2.54. The van der Waals surface area contributed by atoms with Crippen molar-refractivity contribution in [3.05, 3.63) is 77.7 Å². The van der Waals surface area contributed by atoms with Gasteiger partial charge in [0.15, 0.2) is 11.5 Å². The van der Waals surface area contributed by atoms with Crippen molar-refractivity contribution in [2.75, 3.05) is 4.90 Å². The van der Waals surface area contributed by atoms with E-state index in [9.17, 15) is 14.7 Å². The molecule has 1 aromatic heterocycles. The number of Topliss-reactive ketones (excluding diaryl/α,β-unsaturated/α-hetero) is 1. The lowest BCUT2D eigenvalue weighted by Crippen LogP contribution is -2.30. The van der Waals surface area contributed by atoms with E-state index in [0.29, 0.717) is 5.69 Å². The number of benzene rings is 2. The van der Waals surface area contributed by atoms with Gasteiger partial charge in [-0.05, 0) is 18.2 Å². The minimum absolute atomic E-state index is 0.169. The van der Waals surface area contributed by atoms with E-state index in [1.54, 1.807) is 6.92 Å². The lowest BCUT2D eigenvalue weighted by molar-refractivity contribution is -0.118. The molecule has 1 atom stereocenters. The van der Waals surface area contributed by atoms with Crippen LogP contribution in [-0.2, 0) is 16.6 Å². The minimum atomic E-state index is -0.654. The molecule has 5 nitrogen and oxygen atoms in total. The van der Waals surface area contributed by atoms with Crippen LogP contribution in [0.1, 0.15) is 24.9 Å². The molecular weight excluding hydrogens is 340 g/mol. The molecule has 3 aromatic rings. The number of anilines is 1. The Labute approximate surface area is 157 Å². The number of fused-ring (bicyclic) bond motifs is 1. The van der Waals surface area contributed by atoms with Crippen molar-refractivity contribution < 1.29 is 14.7 Å². The van der Waals surface area contributed by atoms with E-state index >= 15 is 0 Å². The zero-order valence-corrected chi connectivity index (χ0v) is 15.2. The molecule has 5 heteroatoms. The lowest BCUT2D eigenvalue weighted by Gasteiger charge is -2.26. The van der Waals surface area contributed by atoms with E-state index in [2.05, 4.69) is 0 Å². The maximum Gasteiger partial charge on any atom is 0.294 e. The highest BCUT2D eigenvalue weighted by Gasteiger charge is 2.44. The Morgan fingerprint density at radius 1 is 1.07 bits per heavy atom. The first-order valence-electron chi connectivity index (χ1n) is 8.93. The summed E-state index contributed by atoms with van der Waals surface area (Å²) in [5.41, 5.74) is 2.64. The van der Waals surface area contributed by atoms with E-state index in [0.717, 1.165) is 16.5 Å². The number of ketones is 1. The number of carbonyl (C=O) groups excluding carboxylic acids is 2. The summed E-state index contributed by atoms with van der Waals surface area (Å²) in [5, 5.41) is 11.5. The molecule has 0 aliphatic carbocycles. The topological polar surface area (TPSA) is 62.5 Å². The molecule has 1 aliphatic heterocycles. The van der Waals surface area contributed by atoms with Crippen LogP contribution in [0.25, 0.3) is 10.9 Å². The van der Waals surface area contributed by atoms with Gasteiger partial charge in [0.1, 0.15) is 0 Å². The molecule has 4 rings (SSSR count). The SMILES string of the molecule is CCC(=O)C1=C(O)C(=O)N(c2ccccc2)C1c1cn(C)c2ccccc12. The second kappa shape index (κ2) is 6.43. The maximum absolute atomic E-state index is 12.9. The Morgan fingerprint density at radius 2 is 1.74 bits per heavy atom. The molecule has 0 bridgehead atoms. The third-order valence-corrected chi connectivity index (χ3v) is 5.09. The van der Waals surface area contributed by atoms with Gasteiger partial charge in [-0.15, -0.1) is 0 Å². The van der Waals surface area contributed by atoms with E-state index < -0.39 is 17.7 Å². The zero-order chi connectivity index (χ0) is 19.1. The van der Waals surface area contributed by atoms with Crippen LogP contribution in [0.5, 0.6) is 0 Å². The van der Waals surface area contributed by atoms with Crippen molar-refractivity contribution in [3.8, 4) is 0 Å². The third-order valence-electron chi connectivity index (χ3n) is 5.09. The smallest absolute Gasteiger partial charge is 0.294 e. The standard InChI is InChI=1S/C22H20N2O3/c1-3-18(25)19-20(16-13-23(2)17-12-8-7-11-15(16)17)24(22(27)21(19)26)14-9-5-4-6-10-14/h4-13,20,26H,3H2,1-2H3. The van der Waals surface area contributed by atoms with Crippen LogP contribution in [-0.4, -0.2) is 21.4 Å². The number of aliphatic hydroxyl groups excluding tert-OH is 1. The van der Waals surface area contributed by atoms with Gasteiger partial charge in [-0.2, -0.15) is 0 Å². The average Bonchev–Trinajstić information content (AvgIpc) is 3.16. The van der Waals surface area contributed by atoms with Gasteiger partial charge in [-0.3, -0.25) is 14.5 Å². The predicted molar refractivity (Wildman–Crippen MR) is 105 cm³/mol. The summed E-state index contributed by atoms with van der Waals surface area (Å²) >= 11 is 0. The number of aryl methyl sites for hydroxylation is 1. The van der Waals surface area contributed by atoms with Gasteiger partial charge in [-0.25, -0.2) is 0 Å². The van der Waals surface area contributed by atoms with Crippen molar-refractivity contribution in [1.82, 2.24) is 4.57 Å². The van der Waals surface area contributed by atoms with Crippen LogP contribution >= 0.6 is 0 Å². The second-order valence-corrected chi connectivity index (χ2v) is 6.66. The first-order valence-corrected chi connectivity index (χ1v) is 8.93. The van der Waals surface area contributed by atoms with E-state index in [-0.39, 0.29) is 17.8 Å². The Balaban J connectivity index is 1.99. The summed E-state index contributed by atoms with van der Waals surface area (Å²) in [7, 11) is 1.93. The van der Waals surface area contributed by atoms with Gasteiger partial charge in [0, 0.05) is 41.8 Å². The molecule has 1 aliphatic rings. The quantitative estimate of drug-likeness (QED) is 0.763. The summed E-state index contributed by atoms with van der Waals surface area (Å²) in [4.78, 5) is 27.1. The lowest BCUT2D eigenvalue weighted by atomic mass is 9.94. The number of amides is 1.